The number of nitrogens with zero attached hydrogens (tertiary/aromatic N) is 6. The van der Waals surface area contributed by atoms with E-state index >= 15 is 8.78 Å². The normalized spacial score (nSPS) is 21.8. The van der Waals surface area contributed by atoms with E-state index in [4.69, 9.17) is 9.97 Å². The lowest BCUT2D eigenvalue weighted by molar-refractivity contribution is -0.139. The van der Waals surface area contributed by atoms with Gasteiger partial charge in [0.25, 0.3) is 0 Å². The van der Waals surface area contributed by atoms with Crippen LogP contribution in [0.5, 0.6) is 0 Å². The number of hydrogen-bond donors (Lipinski definition) is 4. The van der Waals surface area contributed by atoms with Crippen molar-refractivity contribution >= 4 is 45.7 Å². The van der Waals surface area contributed by atoms with Crippen molar-refractivity contribution in [3.63, 3.8) is 0 Å². The Kier molecular flexibility index (Phi) is 12.8. The molecule has 2 aliphatic heterocycles. The van der Waals surface area contributed by atoms with Crippen molar-refractivity contribution in [3.8, 4) is 11.6 Å². The van der Waals surface area contributed by atoms with Crippen LogP contribution in [0.25, 0.3) is 33.7 Å². The van der Waals surface area contributed by atoms with E-state index in [0.717, 1.165) is 0 Å². The third-order valence-electron chi connectivity index (χ3n) is 11.3. The number of carbonyl (C=O) groups excluding carboxylic acids is 4. The minimum absolute atomic E-state index is 0.00379. The minimum Gasteiger partial charge on any atom is -0.343 e. The van der Waals surface area contributed by atoms with E-state index in [1.54, 1.807) is 50.9 Å². The number of halogens is 4. The predicted octanol–water partition coefficient (Wildman–Crippen LogP) is 3.07. The zero-order chi connectivity index (χ0) is 42.2. The zero-order valence-electron chi connectivity index (χ0n) is 33.7. The fourth-order valence-corrected chi connectivity index (χ4v) is 7.82. The van der Waals surface area contributed by atoms with Crippen molar-refractivity contribution in [2.45, 2.75) is 109 Å². The van der Waals surface area contributed by atoms with Crippen molar-refractivity contribution in [2.75, 3.05) is 27.2 Å². The molecule has 2 saturated heterocycles. The van der Waals surface area contributed by atoms with Crippen molar-refractivity contribution in [3.05, 3.63) is 48.0 Å². The Hall–Kier alpha value is -5.10. The van der Waals surface area contributed by atoms with Crippen LogP contribution < -0.4 is 21.3 Å². The van der Waals surface area contributed by atoms with Gasteiger partial charge in [0.2, 0.25) is 23.6 Å². The van der Waals surface area contributed by atoms with Gasteiger partial charge < -0.3 is 40.2 Å². The fourth-order valence-electron chi connectivity index (χ4n) is 7.82. The van der Waals surface area contributed by atoms with E-state index in [9.17, 15) is 28.0 Å². The average molecular weight is 813 g/mol. The van der Waals surface area contributed by atoms with Crippen molar-refractivity contribution in [1.82, 2.24) is 50.2 Å². The van der Waals surface area contributed by atoms with Gasteiger partial charge in [-0.2, -0.15) is 0 Å². The predicted molar refractivity (Wildman–Crippen MR) is 210 cm³/mol. The first kappa shape index (κ1) is 42.5. The minimum atomic E-state index is -1.37. The van der Waals surface area contributed by atoms with E-state index in [-0.39, 0.29) is 73.5 Å². The Morgan fingerprint density at radius 1 is 0.672 bits per heavy atom. The summed E-state index contributed by atoms with van der Waals surface area (Å²) in [5.74, 6) is -2.78. The number of likely N-dealkylation sites (N-methyl/N-ethyl adjacent to an activating group) is 2. The largest absolute Gasteiger partial charge is 0.343 e. The number of imidazole rings is 2. The summed E-state index contributed by atoms with van der Waals surface area (Å²) in [4.78, 5) is 65.8. The summed E-state index contributed by atoms with van der Waals surface area (Å²) < 4.78 is 63.5. The maximum absolute atomic E-state index is 15.4. The molecule has 4 heterocycles. The number of aromatic nitrogens is 4. The number of carbonyl (C=O) groups is 4. The SMILES string of the molecule is CN[C@H](C)C(=O)N[C@H](C)C(=O)N1CC(F)C[C@H]1Cn1c(-c2nc3cc(F)ccc3n2C[C@@H]2CC(F)CN2C(=O)[C@H](NC(=O)[C@@H](C)NC)C(C)C)nc2cc(F)ccc21. The molecular formula is C40H52F4N10O4. The Balaban J connectivity index is 1.40. The van der Waals surface area contributed by atoms with E-state index in [1.165, 1.54) is 53.1 Å². The Labute approximate surface area is 334 Å². The highest BCUT2D eigenvalue weighted by Gasteiger charge is 2.42. The van der Waals surface area contributed by atoms with E-state index < -0.39 is 78.0 Å². The molecule has 14 nitrogen and oxygen atoms in total. The van der Waals surface area contributed by atoms with E-state index in [2.05, 4.69) is 21.3 Å². The Morgan fingerprint density at radius 3 is 1.53 bits per heavy atom. The average Bonchev–Trinajstić information content (AvgIpc) is 3.94. The van der Waals surface area contributed by atoms with Gasteiger partial charge in [-0.3, -0.25) is 19.2 Å². The molecule has 0 bridgehead atoms. The van der Waals surface area contributed by atoms with Crippen molar-refractivity contribution < 1.29 is 36.7 Å². The second-order valence-corrected chi connectivity index (χ2v) is 15.8. The van der Waals surface area contributed by atoms with Crippen LogP contribution in [0.3, 0.4) is 0 Å². The molecule has 0 spiro atoms. The van der Waals surface area contributed by atoms with Gasteiger partial charge in [0.15, 0.2) is 11.6 Å². The third-order valence-corrected chi connectivity index (χ3v) is 11.3. The summed E-state index contributed by atoms with van der Waals surface area (Å²) in [6, 6.07) is 3.53. The number of nitrogens with one attached hydrogen (secondary N) is 4. The number of alkyl halides is 2. The van der Waals surface area contributed by atoms with E-state index in [1.807, 2.05) is 0 Å². The molecular weight excluding hydrogens is 760 g/mol. The number of benzene rings is 2. The summed E-state index contributed by atoms with van der Waals surface area (Å²) in [5, 5.41) is 11.2. The molecule has 4 N–H and O–H groups in total. The van der Waals surface area contributed by atoms with Crippen LogP contribution in [0.15, 0.2) is 36.4 Å². The maximum atomic E-state index is 15.4. The van der Waals surface area contributed by atoms with Crippen LogP contribution in [0.2, 0.25) is 0 Å². The van der Waals surface area contributed by atoms with Gasteiger partial charge in [-0.05, 0) is 65.0 Å². The van der Waals surface area contributed by atoms with Gasteiger partial charge in [0.05, 0.1) is 59.3 Å². The molecule has 58 heavy (non-hydrogen) atoms. The van der Waals surface area contributed by atoms with Crippen LogP contribution in [-0.4, -0.2) is 128 Å². The summed E-state index contributed by atoms with van der Waals surface area (Å²) in [7, 11) is 3.24. The molecule has 8 atom stereocenters. The molecule has 2 fully saturated rings. The van der Waals surface area contributed by atoms with Crippen LogP contribution in [-0.2, 0) is 32.3 Å². The molecule has 18 heteroatoms. The lowest BCUT2D eigenvalue weighted by Crippen LogP contribution is -2.55. The van der Waals surface area contributed by atoms with Gasteiger partial charge >= 0.3 is 0 Å². The van der Waals surface area contributed by atoms with Crippen molar-refractivity contribution in [2.24, 2.45) is 5.92 Å². The summed E-state index contributed by atoms with van der Waals surface area (Å²) >= 11 is 0. The van der Waals surface area contributed by atoms with Crippen LogP contribution in [0.4, 0.5) is 17.6 Å². The first-order chi connectivity index (χ1) is 27.5. The molecule has 6 rings (SSSR count). The maximum Gasteiger partial charge on any atom is 0.245 e. The lowest BCUT2D eigenvalue weighted by Gasteiger charge is -2.32. The number of hydrogen-bond acceptors (Lipinski definition) is 8. The van der Waals surface area contributed by atoms with Crippen molar-refractivity contribution in [1.29, 1.82) is 0 Å². The number of rotatable bonds is 14. The quantitative estimate of drug-likeness (QED) is 0.142. The van der Waals surface area contributed by atoms with Gasteiger partial charge in [-0.25, -0.2) is 27.5 Å². The lowest BCUT2D eigenvalue weighted by atomic mass is 10.0. The Bertz CT molecular complexity index is 2180. The first-order valence-electron chi connectivity index (χ1n) is 19.7. The molecule has 0 radical (unpaired) electrons. The first-order valence-corrected chi connectivity index (χ1v) is 19.7. The highest BCUT2D eigenvalue weighted by atomic mass is 19.1. The second kappa shape index (κ2) is 17.4. The molecule has 314 valence electrons. The molecule has 4 aromatic rings. The smallest absolute Gasteiger partial charge is 0.245 e. The van der Waals surface area contributed by atoms with Crippen LogP contribution in [0.1, 0.15) is 47.5 Å². The third kappa shape index (κ3) is 8.67. The van der Waals surface area contributed by atoms with Gasteiger partial charge in [0.1, 0.15) is 36.1 Å². The van der Waals surface area contributed by atoms with Crippen LogP contribution >= 0.6 is 0 Å². The van der Waals surface area contributed by atoms with Gasteiger partial charge in [-0.15, -0.1) is 0 Å². The molecule has 0 saturated carbocycles. The summed E-state index contributed by atoms with van der Waals surface area (Å²) in [5.41, 5.74) is 1.38. The standard InChI is InChI=1S/C40H52F4N10O4/c1-20(2)34(50-38(56)22(4)46-7)40(58)52-17-27(44)13-29(52)19-54-33-11-9-25(42)15-31(33)49-36(54)35-48-30-14-24(41)8-10-32(30)53(35)18-28-12-26(43)16-51(28)39(57)23(5)47-37(55)21(3)45-6/h8-11,14-15,20-23,26-29,34,45-46H,12-13,16-19H2,1-7H3,(H,47,55)(H,50,56)/t21-,22-,23-,26?,27?,28+,29+,34-/m1/s1. The zero-order valence-corrected chi connectivity index (χ0v) is 33.7. The number of fused-ring (bicyclic) bond motifs is 2. The topological polar surface area (TPSA) is 159 Å². The van der Waals surface area contributed by atoms with E-state index in [0.29, 0.717) is 11.0 Å². The second-order valence-electron chi connectivity index (χ2n) is 15.8. The molecule has 2 aromatic heterocycles. The van der Waals surface area contributed by atoms with Gasteiger partial charge in [0, 0.05) is 38.1 Å². The summed E-state index contributed by atoms with van der Waals surface area (Å²) in [6.07, 6.45) is -2.79. The van der Waals surface area contributed by atoms with Crippen LogP contribution in [0, 0.1) is 17.6 Å². The Morgan fingerprint density at radius 2 is 1.10 bits per heavy atom. The number of amides is 4. The monoisotopic (exact) mass is 812 g/mol. The fraction of sp³-hybridized carbons (Fsp3) is 0.550. The highest BCUT2D eigenvalue weighted by Crippen LogP contribution is 2.34. The highest BCUT2D eigenvalue weighted by molar-refractivity contribution is 5.91. The summed E-state index contributed by atoms with van der Waals surface area (Å²) in [6.45, 7) is 8.00. The molecule has 2 aromatic carbocycles. The van der Waals surface area contributed by atoms with Gasteiger partial charge in [-0.1, -0.05) is 13.8 Å². The number of likely N-dealkylation sites (tertiary alicyclic amines) is 2. The molecule has 2 unspecified atom stereocenters. The molecule has 4 amide bonds. The molecule has 0 aliphatic carbocycles. The molecule has 2 aliphatic rings.